The van der Waals surface area contributed by atoms with E-state index >= 15 is 0 Å². The van der Waals surface area contributed by atoms with Crippen molar-refractivity contribution in [2.45, 2.75) is 76.2 Å². The van der Waals surface area contributed by atoms with E-state index in [-0.39, 0.29) is 22.3 Å². The Hall–Kier alpha value is -0.260. The van der Waals surface area contributed by atoms with Gasteiger partial charge in [-0.2, -0.15) is 0 Å². The smallest absolute Gasteiger partial charge is 0.0558 e. The van der Waals surface area contributed by atoms with Crippen LogP contribution < -0.4 is 4.72 Å². The van der Waals surface area contributed by atoms with E-state index in [1.807, 2.05) is 18.4 Å². The van der Waals surface area contributed by atoms with Gasteiger partial charge in [0.1, 0.15) is 0 Å². The number of nitrogens with one attached hydrogen (secondary N) is 1. The standard InChI is InChI=1S/C20H34ClNO2S/c1-14(2)11-18(22-25(6,24)19(3,4)5)20(12-17(23)13-20)15-7-9-16(21)10-8-15/h7-10,14,17-18,22-24H,11-13H2,1-6H3/t17?,18-,20?/m0/s1. The summed E-state index contributed by atoms with van der Waals surface area (Å²) in [5.41, 5.74) is 1.04. The lowest BCUT2D eigenvalue weighted by Crippen LogP contribution is -2.59. The third kappa shape index (κ3) is 4.54. The zero-order chi connectivity index (χ0) is 19.0. The molecule has 0 radical (unpaired) electrons. The van der Waals surface area contributed by atoms with Gasteiger partial charge in [0.05, 0.1) is 6.10 Å². The summed E-state index contributed by atoms with van der Waals surface area (Å²) in [6.07, 6.45) is 4.05. The Labute approximate surface area is 159 Å². The molecule has 144 valence electrons. The molecule has 2 rings (SSSR count). The largest absolute Gasteiger partial charge is 0.393 e. The van der Waals surface area contributed by atoms with Crippen molar-refractivity contribution in [3.8, 4) is 0 Å². The highest BCUT2D eigenvalue weighted by atomic mass is 35.5. The molecule has 3 nitrogen and oxygen atoms in total. The molecule has 0 saturated heterocycles. The van der Waals surface area contributed by atoms with Gasteiger partial charge < -0.3 is 9.66 Å². The molecular weight excluding hydrogens is 354 g/mol. The molecule has 0 aromatic heterocycles. The van der Waals surface area contributed by atoms with Crippen molar-refractivity contribution < 1.29 is 9.66 Å². The number of hydrogen-bond acceptors (Lipinski definition) is 3. The van der Waals surface area contributed by atoms with Crippen LogP contribution >= 0.6 is 22.1 Å². The van der Waals surface area contributed by atoms with Crippen LogP contribution in [0.1, 0.15) is 59.4 Å². The van der Waals surface area contributed by atoms with Crippen LogP contribution in [0.25, 0.3) is 0 Å². The highest BCUT2D eigenvalue weighted by Crippen LogP contribution is 2.54. The van der Waals surface area contributed by atoms with Crippen LogP contribution in [-0.2, 0) is 5.41 Å². The number of hydrogen-bond donors (Lipinski definition) is 3. The number of halogens is 1. The zero-order valence-corrected chi connectivity index (χ0v) is 17.9. The Kier molecular flexibility index (Phi) is 6.23. The van der Waals surface area contributed by atoms with Gasteiger partial charge in [-0.1, -0.05) is 48.1 Å². The third-order valence-electron chi connectivity index (χ3n) is 5.56. The van der Waals surface area contributed by atoms with E-state index in [0.717, 1.165) is 24.3 Å². The van der Waals surface area contributed by atoms with E-state index in [1.54, 1.807) is 0 Å². The Bertz CT molecular complexity index is 574. The summed E-state index contributed by atoms with van der Waals surface area (Å²) in [5, 5.41) is 10.9. The van der Waals surface area contributed by atoms with Gasteiger partial charge in [0.2, 0.25) is 0 Å². The Morgan fingerprint density at radius 1 is 1.24 bits per heavy atom. The van der Waals surface area contributed by atoms with Crippen molar-refractivity contribution in [3.63, 3.8) is 0 Å². The lowest BCUT2D eigenvalue weighted by molar-refractivity contribution is -0.00283. The Balaban J connectivity index is 2.40. The molecule has 2 atom stereocenters. The van der Waals surface area contributed by atoms with Gasteiger partial charge in [-0.05, 0) is 63.6 Å². The number of aliphatic hydroxyl groups excluding tert-OH is 1. The van der Waals surface area contributed by atoms with Crippen molar-refractivity contribution >= 4 is 22.1 Å². The normalized spacial score (nSPS) is 29.0. The molecule has 1 aromatic rings. The predicted molar refractivity (Wildman–Crippen MR) is 111 cm³/mol. The number of benzene rings is 1. The van der Waals surface area contributed by atoms with Crippen molar-refractivity contribution in [1.82, 2.24) is 4.72 Å². The molecule has 0 amide bonds. The van der Waals surface area contributed by atoms with Gasteiger partial charge >= 0.3 is 0 Å². The fourth-order valence-corrected chi connectivity index (χ4v) is 4.95. The van der Waals surface area contributed by atoms with Gasteiger partial charge in [0.25, 0.3) is 0 Å². The quantitative estimate of drug-likeness (QED) is 0.616. The molecule has 0 spiro atoms. The minimum absolute atomic E-state index is 0.112. The van der Waals surface area contributed by atoms with E-state index in [9.17, 15) is 9.66 Å². The molecule has 3 N–H and O–H groups in total. The van der Waals surface area contributed by atoms with Crippen molar-refractivity contribution in [1.29, 1.82) is 0 Å². The molecule has 0 aliphatic heterocycles. The molecule has 5 heteroatoms. The van der Waals surface area contributed by atoms with Gasteiger partial charge in [-0.25, -0.2) is 0 Å². The second-order valence-electron chi connectivity index (χ2n) is 9.01. The lowest BCUT2D eigenvalue weighted by atomic mass is 9.57. The molecule has 0 heterocycles. The summed E-state index contributed by atoms with van der Waals surface area (Å²) in [6.45, 7) is 10.6. The van der Waals surface area contributed by atoms with E-state index in [0.29, 0.717) is 5.92 Å². The monoisotopic (exact) mass is 387 g/mol. The van der Waals surface area contributed by atoms with E-state index < -0.39 is 10.5 Å². The van der Waals surface area contributed by atoms with Crippen molar-refractivity contribution in [3.05, 3.63) is 34.9 Å². The van der Waals surface area contributed by atoms with E-state index in [1.165, 1.54) is 5.56 Å². The van der Waals surface area contributed by atoms with E-state index in [4.69, 9.17) is 11.6 Å². The number of rotatable bonds is 6. The van der Waals surface area contributed by atoms with E-state index in [2.05, 4.69) is 51.5 Å². The van der Waals surface area contributed by atoms with Crippen molar-refractivity contribution in [2.75, 3.05) is 6.26 Å². The minimum atomic E-state index is -1.99. The maximum absolute atomic E-state index is 11.2. The first-order chi connectivity index (χ1) is 11.4. The first kappa shape index (κ1) is 21.0. The van der Waals surface area contributed by atoms with Crippen LogP contribution in [0, 0.1) is 5.92 Å². The average molecular weight is 388 g/mol. The topological polar surface area (TPSA) is 52.5 Å². The Morgan fingerprint density at radius 3 is 2.16 bits per heavy atom. The fourth-order valence-electron chi connectivity index (χ4n) is 3.60. The molecule has 1 aromatic carbocycles. The predicted octanol–water partition coefficient (Wildman–Crippen LogP) is 5.36. The maximum atomic E-state index is 11.2. The molecule has 0 bridgehead atoms. The van der Waals surface area contributed by atoms with Crippen LogP contribution in [0.5, 0.6) is 0 Å². The van der Waals surface area contributed by atoms with Crippen molar-refractivity contribution in [2.24, 2.45) is 5.92 Å². The second kappa shape index (κ2) is 7.40. The highest BCUT2D eigenvalue weighted by Gasteiger charge is 2.52. The average Bonchev–Trinajstić information content (AvgIpc) is 2.42. The summed E-state index contributed by atoms with van der Waals surface area (Å²) >= 11 is 6.08. The fraction of sp³-hybridized carbons (Fsp3) is 0.700. The number of aliphatic hydroxyl groups is 1. The van der Waals surface area contributed by atoms with Gasteiger partial charge in [0, 0.05) is 27.5 Å². The molecule has 1 aliphatic rings. The maximum Gasteiger partial charge on any atom is 0.0558 e. The molecule has 1 saturated carbocycles. The van der Waals surface area contributed by atoms with Crippen LogP contribution in [0.2, 0.25) is 5.02 Å². The first-order valence-corrected chi connectivity index (χ1v) is 11.5. The SMILES string of the molecule is CC(C)C[C@H](NS(C)(O)C(C)(C)C)C1(c2ccc(Cl)cc2)CC(O)C1. The summed E-state index contributed by atoms with van der Waals surface area (Å²) in [7, 11) is -1.99. The van der Waals surface area contributed by atoms with Gasteiger partial charge in [0.15, 0.2) is 0 Å². The minimum Gasteiger partial charge on any atom is -0.393 e. The van der Waals surface area contributed by atoms with Gasteiger partial charge in [-0.15, -0.1) is 0 Å². The zero-order valence-electron chi connectivity index (χ0n) is 16.3. The lowest BCUT2D eigenvalue weighted by Gasteiger charge is -2.56. The molecule has 25 heavy (non-hydrogen) atoms. The van der Waals surface area contributed by atoms with Gasteiger partial charge in [-0.3, -0.25) is 4.72 Å². The van der Waals surface area contributed by atoms with Crippen LogP contribution in [0.4, 0.5) is 0 Å². The second-order valence-corrected chi connectivity index (χ2v) is 12.7. The summed E-state index contributed by atoms with van der Waals surface area (Å²) in [4.78, 5) is 0. The highest BCUT2D eigenvalue weighted by molar-refractivity contribution is 8.28. The van der Waals surface area contributed by atoms with Crippen LogP contribution in [0.3, 0.4) is 0 Å². The third-order valence-corrected chi connectivity index (χ3v) is 8.94. The van der Waals surface area contributed by atoms with Crippen LogP contribution in [-0.4, -0.2) is 32.8 Å². The molecule has 1 unspecified atom stereocenters. The molecule has 1 fully saturated rings. The summed E-state index contributed by atoms with van der Waals surface area (Å²) < 4.78 is 14.6. The first-order valence-electron chi connectivity index (χ1n) is 9.09. The van der Waals surface area contributed by atoms with Crippen LogP contribution in [0.15, 0.2) is 24.3 Å². The molecular formula is C20H34ClNO2S. The summed E-state index contributed by atoms with van der Waals surface area (Å²) in [6, 6.07) is 8.10. The Morgan fingerprint density at radius 2 is 1.76 bits per heavy atom. The molecule has 1 aliphatic carbocycles. The summed E-state index contributed by atoms with van der Waals surface area (Å²) in [5.74, 6) is 0.495.